The topological polar surface area (TPSA) is 12.5 Å². The lowest BCUT2D eigenvalue weighted by Crippen LogP contribution is -2.12. The molecule has 0 unspecified atom stereocenters. The van der Waals surface area contributed by atoms with Gasteiger partial charge in [0, 0.05) is 10.6 Å². The van der Waals surface area contributed by atoms with Gasteiger partial charge in [0.1, 0.15) is 5.60 Å². The van der Waals surface area contributed by atoms with Crippen molar-refractivity contribution in [2.75, 3.05) is 0 Å². The number of hydrogen-bond acceptors (Lipinski definition) is 1. The van der Waals surface area contributed by atoms with Crippen LogP contribution in [0.4, 0.5) is 0 Å². The lowest BCUT2D eigenvalue weighted by Gasteiger charge is -2.13. The van der Waals surface area contributed by atoms with E-state index in [1.165, 1.54) is 31.2 Å². The molecule has 2 aliphatic rings. The summed E-state index contributed by atoms with van der Waals surface area (Å²) in [6.07, 6.45) is 6.68. The third kappa shape index (κ3) is 1.49. The Hall–Kier alpha value is -0.530. The van der Waals surface area contributed by atoms with E-state index >= 15 is 0 Å². The van der Waals surface area contributed by atoms with E-state index in [0.29, 0.717) is 6.10 Å². The molecule has 1 aromatic carbocycles. The second-order valence-electron chi connectivity index (χ2n) is 4.58. The van der Waals surface area contributed by atoms with Gasteiger partial charge in [-0.1, -0.05) is 49.1 Å². The van der Waals surface area contributed by atoms with Crippen LogP contribution in [0.5, 0.6) is 0 Å². The third-order valence-corrected chi connectivity index (χ3v) is 3.99. The molecule has 1 aromatic rings. The molecule has 0 spiro atoms. The van der Waals surface area contributed by atoms with Crippen LogP contribution >= 0.6 is 11.6 Å². The molecule has 0 radical (unpaired) electrons. The molecule has 80 valence electrons. The predicted molar refractivity (Wildman–Crippen MR) is 61.1 cm³/mol. The Labute approximate surface area is 95.4 Å². The zero-order valence-electron chi connectivity index (χ0n) is 8.71. The van der Waals surface area contributed by atoms with Crippen LogP contribution in [0.3, 0.4) is 0 Å². The fourth-order valence-electron chi connectivity index (χ4n) is 2.80. The maximum absolute atomic E-state index is 6.25. The molecule has 1 aliphatic carbocycles. The number of fused-ring (bicyclic) bond motifs is 1. The van der Waals surface area contributed by atoms with Crippen molar-refractivity contribution in [1.82, 2.24) is 0 Å². The van der Waals surface area contributed by atoms with Crippen molar-refractivity contribution >= 4 is 11.6 Å². The first-order valence-corrected chi connectivity index (χ1v) is 6.13. The first kappa shape index (κ1) is 9.68. The number of halogens is 1. The second kappa shape index (κ2) is 3.50. The number of ether oxygens (including phenoxy) is 1. The Morgan fingerprint density at radius 1 is 1.20 bits per heavy atom. The van der Waals surface area contributed by atoms with Crippen molar-refractivity contribution in [3.8, 4) is 0 Å². The van der Waals surface area contributed by atoms with Crippen molar-refractivity contribution < 1.29 is 4.74 Å². The molecule has 2 heteroatoms. The molecule has 2 fully saturated rings. The van der Waals surface area contributed by atoms with Gasteiger partial charge in [0.15, 0.2) is 0 Å². The standard InChI is InChI=1S/C13H15ClO/c14-11-7-4-3-6-10(11)13-9-5-1-2-8-12(13)15-13/h3-4,6-7,12H,1-2,5,8-9H2/t12-,13-/m0/s1. The van der Waals surface area contributed by atoms with Crippen molar-refractivity contribution in [2.24, 2.45) is 0 Å². The molecule has 1 aliphatic heterocycles. The lowest BCUT2D eigenvalue weighted by molar-refractivity contribution is 0.265. The van der Waals surface area contributed by atoms with Gasteiger partial charge in [0.05, 0.1) is 6.10 Å². The van der Waals surface area contributed by atoms with E-state index in [4.69, 9.17) is 16.3 Å². The molecule has 1 nitrogen and oxygen atoms in total. The number of epoxide rings is 1. The van der Waals surface area contributed by atoms with Crippen molar-refractivity contribution in [3.63, 3.8) is 0 Å². The SMILES string of the molecule is Clc1ccccc1[C@@]12CCCCC[C@@H]1O2. The van der Waals surface area contributed by atoms with Crippen LogP contribution in [0.1, 0.15) is 37.7 Å². The van der Waals surface area contributed by atoms with Gasteiger partial charge in [-0.3, -0.25) is 0 Å². The van der Waals surface area contributed by atoms with Crippen LogP contribution in [-0.2, 0) is 10.3 Å². The summed E-state index contributed by atoms with van der Waals surface area (Å²) in [5, 5.41) is 0.863. The maximum atomic E-state index is 6.25. The summed E-state index contributed by atoms with van der Waals surface area (Å²) in [6, 6.07) is 8.12. The highest BCUT2D eigenvalue weighted by Gasteiger charge is 2.57. The molecular weight excluding hydrogens is 208 g/mol. The fraction of sp³-hybridized carbons (Fsp3) is 0.538. The predicted octanol–water partition coefficient (Wildman–Crippen LogP) is 3.90. The van der Waals surface area contributed by atoms with Gasteiger partial charge < -0.3 is 4.74 Å². The Morgan fingerprint density at radius 3 is 2.93 bits per heavy atom. The van der Waals surface area contributed by atoms with E-state index in [2.05, 4.69) is 12.1 Å². The van der Waals surface area contributed by atoms with Crippen molar-refractivity contribution in [1.29, 1.82) is 0 Å². The minimum atomic E-state index is -0.0190. The molecule has 1 heterocycles. The first-order chi connectivity index (χ1) is 7.33. The van der Waals surface area contributed by atoms with Crippen LogP contribution in [0, 0.1) is 0 Å². The molecule has 0 N–H and O–H groups in total. The largest absolute Gasteiger partial charge is 0.361 e. The number of hydrogen-bond donors (Lipinski definition) is 0. The zero-order valence-corrected chi connectivity index (χ0v) is 9.46. The molecule has 3 rings (SSSR count). The van der Waals surface area contributed by atoms with E-state index < -0.39 is 0 Å². The Bertz CT molecular complexity index is 377. The summed E-state index contributed by atoms with van der Waals surface area (Å²) in [4.78, 5) is 0. The van der Waals surface area contributed by atoms with Crippen molar-refractivity contribution in [3.05, 3.63) is 34.9 Å². The van der Waals surface area contributed by atoms with Crippen LogP contribution < -0.4 is 0 Å². The Kier molecular flexibility index (Phi) is 2.26. The van der Waals surface area contributed by atoms with Crippen LogP contribution in [0.2, 0.25) is 5.02 Å². The second-order valence-corrected chi connectivity index (χ2v) is 4.98. The zero-order chi connectivity index (χ0) is 10.3. The van der Waals surface area contributed by atoms with E-state index in [-0.39, 0.29) is 5.60 Å². The fourth-order valence-corrected chi connectivity index (χ4v) is 3.10. The average molecular weight is 223 g/mol. The smallest absolute Gasteiger partial charge is 0.121 e. The molecule has 1 saturated heterocycles. The van der Waals surface area contributed by atoms with Crippen molar-refractivity contribution in [2.45, 2.75) is 43.8 Å². The minimum absolute atomic E-state index is 0.0190. The number of benzene rings is 1. The summed E-state index contributed by atoms with van der Waals surface area (Å²) in [5.41, 5.74) is 1.19. The van der Waals surface area contributed by atoms with Crippen LogP contribution in [0.15, 0.2) is 24.3 Å². The van der Waals surface area contributed by atoms with Gasteiger partial charge in [0.25, 0.3) is 0 Å². The Balaban J connectivity index is 1.97. The van der Waals surface area contributed by atoms with Gasteiger partial charge in [-0.2, -0.15) is 0 Å². The van der Waals surface area contributed by atoms with Crippen LogP contribution in [0.25, 0.3) is 0 Å². The van der Waals surface area contributed by atoms with Gasteiger partial charge in [-0.15, -0.1) is 0 Å². The molecule has 2 atom stereocenters. The molecule has 0 amide bonds. The molecule has 1 saturated carbocycles. The van der Waals surface area contributed by atoms with Gasteiger partial charge in [-0.25, -0.2) is 0 Å². The van der Waals surface area contributed by atoms with Gasteiger partial charge in [0.2, 0.25) is 0 Å². The normalized spacial score (nSPS) is 34.3. The van der Waals surface area contributed by atoms with Gasteiger partial charge in [-0.05, 0) is 18.9 Å². The minimum Gasteiger partial charge on any atom is -0.361 e. The Morgan fingerprint density at radius 2 is 2.07 bits per heavy atom. The summed E-state index contributed by atoms with van der Waals surface area (Å²) in [6.45, 7) is 0. The van der Waals surface area contributed by atoms with Gasteiger partial charge >= 0.3 is 0 Å². The first-order valence-electron chi connectivity index (χ1n) is 5.76. The highest BCUT2D eigenvalue weighted by atomic mass is 35.5. The lowest BCUT2D eigenvalue weighted by atomic mass is 9.91. The average Bonchev–Trinajstić information content (AvgIpc) is 2.92. The molecule has 0 aromatic heterocycles. The highest BCUT2D eigenvalue weighted by Crippen LogP contribution is 2.55. The maximum Gasteiger partial charge on any atom is 0.121 e. The van der Waals surface area contributed by atoms with E-state index in [0.717, 1.165) is 11.4 Å². The summed E-state index contributed by atoms with van der Waals surface area (Å²) in [5.74, 6) is 0. The van der Waals surface area contributed by atoms with E-state index in [1.807, 2.05) is 12.1 Å². The monoisotopic (exact) mass is 222 g/mol. The summed E-state index contributed by atoms with van der Waals surface area (Å²) in [7, 11) is 0. The highest BCUT2D eigenvalue weighted by molar-refractivity contribution is 6.31. The molecular formula is C13H15ClO. The van der Waals surface area contributed by atoms with Crippen LogP contribution in [-0.4, -0.2) is 6.10 Å². The quantitative estimate of drug-likeness (QED) is 0.657. The van der Waals surface area contributed by atoms with E-state index in [1.54, 1.807) is 0 Å². The summed E-state index contributed by atoms with van der Waals surface area (Å²) >= 11 is 6.25. The molecule has 0 bridgehead atoms. The van der Waals surface area contributed by atoms with E-state index in [9.17, 15) is 0 Å². The molecule has 15 heavy (non-hydrogen) atoms. The summed E-state index contributed by atoms with van der Waals surface area (Å²) < 4.78 is 5.93. The third-order valence-electron chi connectivity index (χ3n) is 3.66. The number of rotatable bonds is 1.